The van der Waals surface area contributed by atoms with Crippen LogP contribution in [0.1, 0.15) is 15.9 Å². The van der Waals surface area contributed by atoms with E-state index in [0.717, 1.165) is 12.1 Å². The number of amides is 1. The van der Waals surface area contributed by atoms with Crippen molar-refractivity contribution < 1.29 is 22.7 Å². The van der Waals surface area contributed by atoms with E-state index in [9.17, 15) is 18.0 Å². The zero-order valence-electron chi connectivity index (χ0n) is 15.5. The molecule has 0 aliphatic heterocycles. The van der Waals surface area contributed by atoms with Gasteiger partial charge in [0.25, 0.3) is 5.91 Å². The molecule has 0 aliphatic carbocycles. The number of rotatable bonds is 4. The molecule has 0 bridgehead atoms. The van der Waals surface area contributed by atoms with Gasteiger partial charge in [-0.3, -0.25) is 9.78 Å². The maximum absolute atomic E-state index is 13.2. The summed E-state index contributed by atoms with van der Waals surface area (Å²) in [6.45, 7) is 0. The number of carbonyl (C=O) groups excluding carboxylic acids is 1. The van der Waals surface area contributed by atoms with Crippen LogP contribution in [0.25, 0.3) is 11.1 Å². The molecule has 0 atom stereocenters. The van der Waals surface area contributed by atoms with Crippen LogP contribution in [0.3, 0.4) is 0 Å². The summed E-state index contributed by atoms with van der Waals surface area (Å²) >= 11 is 6.28. The Bertz CT molecular complexity index is 1050. The number of hydrogen-bond donors (Lipinski definition) is 0. The van der Waals surface area contributed by atoms with Crippen molar-refractivity contribution in [1.29, 1.82) is 0 Å². The normalized spacial score (nSPS) is 11.2. The van der Waals surface area contributed by atoms with Crippen LogP contribution in [0.15, 0.2) is 60.9 Å². The summed E-state index contributed by atoms with van der Waals surface area (Å²) < 4.78 is 44.5. The summed E-state index contributed by atoms with van der Waals surface area (Å²) in [5.74, 6) is -0.704. The fourth-order valence-corrected chi connectivity index (χ4v) is 3.11. The number of ether oxygens (including phenoxy) is 1. The van der Waals surface area contributed by atoms with Crippen LogP contribution in [0.4, 0.5) is 18.9 Å². The summed E-state index contributed by atoms with van der Waals surface area (Å²) in [5, 5.41) is 0.474. The average Bonchev–Trinajstić information content (AvgIpc) is 2.72. The lowest BCUT2D eigenvalue weighted by Gasteiger charge is -2.21. The molecule has 4 nitrogen and oxygen atoms in total. The van der Waals surface area contributed by atoms with Crippen LogP contribution in [0, 0.1) is 0 Å². The number of pyridine rings is 1. The first-order valence-corrected chi connectivity index (χ1v) is 8.83. The predicted molar refractivity (Wildman–Crippen MR) is 105 cm³/mol. The molecule has 150 valence electrons. The number of hydrogen-bond acceptors (Lipinski definition) is 3. The van der Waals surface area contributed by atoms with E-state index < -0.39 is 17.6 Å². The van der Waals surface area contributed by atoms with E-state index in [0.29, 0.717) is 21.8 Å². The third kappa shape index (κ3) is 4.35. The molecule has 0 saturated heterocycles. The second-order valence-electron chi connectivity index (χ2n) is 6.18. The molecule has 0 spiro atoms. The minimum Gasteiger partial charge on any atom is -0.497 e. The standard InChI is InChI=1S/C21H16ClF3N2O2/c1-27(19-12-26-8-7-17(19)16-5-3-4-6-18(16)22)20(28)13-9-14(21(23,24)25)11-15(10-13)29-2/h3-12H,1-2H3. The van der Waals surface area contributed by atoms with Gasteiger partial charge in [-0.25, -0.2) is 0 Å². The highest BCUT2D eigenvalue weighted by atomic mass is 35.5. The SMILES string of the molecule is COc1cc(C(=O)N(C)c2cnccc2-c2ccccc2Cl)cc(C(F)(F)F)c1. The average molecular weight is 421 g/mol. The van der Waals surface area contributed by atoms with Gasteiger partial charge in [0.15, 0.2) is 0 Å². The van der Waals surface area contributed by atoms with Crippen LogP contribution in [0.2, 0.25) is 5.02 Å². The molecule has 0 aliphatic rings. The molecule has 3 rings (SSSR count). The largest absolute Gasteiger partial charge is 0.497 e. The van der Waals surface area contributed by atoms with E-state index in [4.69, 9.17) is 16.3 Å². The van der Waals surface area contributed by atoms with Gasteiger partial charge >= 0.3 is 6.18 Å². The Balaban J connectivity index is 2.06. The number of halogens is 4. The molecule has 0 unspecified atom stereocenters. The molecule has 8 heteroatoms. The molecule has 0 saturated carbocycles. The predicted octanol–water partition coefficient (Wildman–Crippen LogP) is 5.71. The van der Waals surface area contributed by atoms with Gasteiger partial charge in [-0.15, -0.1) is 0 Å². The van der Waals surface area contributed by atoms with Gasteiger partial charge < -0.3 is 9.64 Å². The molecule has 1 aromatic heterocycles. The maximum atomic E-state index is 13.2. The molecule has 1 heterocycles. The van der Waals surface area contributed by atoms with E-state index in [1.165, 1.54) is 31.3 Å². The van der Waals surface area contributed by atoms with E-state index in [1.807, 2.05) is 0 Å². The van der Waals surface area contributed by atoms with Crippen molar-refractivity contribution in [2.24, 2.45) is 0 Å². The minimum absolute atomic E-state index is 0.0610. The third-order valence-corrected chi connectivity index (χ3v) is 4.68. The lowest BCUT2D eigenvalue weighted by atomic mass is 10.0. The minimum atomic E-state index is -4.61. The molecular weight excluding hydrogens is 405 g/mol. The van der Waals surface area contributed by atoms with Crippen molar-refractivity contribution in [3.05, 3.63) is 77.1 Å². The molecule has 1 amide bonds. The quantitative estimate of drug-likeness (QED) is 0.543. The molecule has 2 aromatic carbocycles. The number of anilines is 1. The van der Waals surface area contributed by atoms with E-state index in [2.05, 4.69) is 4.98 Å². The Hall–Kier alpha value is -3.06. The Kier molecular flexibility index (Phi) is 5.79. The molecule has 0 fully saturated rings. The van der Waals surface area contributed by atoms with Crippen molar-refractivity contribution in [3.8, 4) is 16.9 Å². The van der Waals surface area contributed by atoms with Gasteiger partial charge in [0.05, 0.1) is 24.6 Å². The van der Waals surface area contributed by atoms with Gasteiger partial charge in [-0.2, -0.15) is 13.2 Å². The molecule has 0 radical (unpaired) electrons. The molecular formula is C21H16ClF3N2O2. The van der Waals surface area contributed by atoms with E-state index >= 15 is 0 Å². The Morgan fingerprint density at radius 3 is 2.48 bits per heavy atom. The number of methoxy groups -OCH3 is 1. The van der Waals surface area contributed by atoms with Crippen molar-refractivity contribution >= 4 is 23.2 Å². The van der Waals surface area contributed by atoms with Crippen molar-refractivity contribution in [3.63, 3.8) is 0 Å². The number of alkyl halides is 3. The third-order valence-electron chi connectivity index (χ3n) is 4.35. The first kappa shape index (κ1) is 20.7. The van der Waals surface area contributed by atoms with Gasteiger partial charge in [0.1, 0.15) is 5.75 Å². The monoisotopic (exact) mass is 420 g/mol. The lowest BCUT2D eigenvalue weighted by Crippen LogP contribution is -2.27. The van der Waals surface area contributed by atoms with E-state index in [-0.39, 0.29) is 11.3 Å². The number of carbonyl (C=O) groups is 1. The Morgan fingerprint density at radius 1 is 1.10 bits per heavy atom. The van der Waals surface area contributed by atoms with Crippen LogP contribution >= 0.6 is 11.6 Å². The van der Waals surface area contributed by atoms with Crippen LogP contribution in [-0.2, 0) is 6.18 Å². The van der Waals surface area contributed by atoms with Gasteiger partial charge in [-0.05, 0) is 30.3 Å². The van der Waals surface area contributed by atoms with Crippen LogP contribution in [-0.4, -0.2) is 25.0 Å². The zero-order valence-corrected chi connectivity index (χ0v) is 16.3. The highest BCUT2D eigenvalue weighted by Crippen LogP contribution is 2.36. The second-order valence-corrected chi connectivity index (χ2v) is 6.59. The summed E-state index contributed by atoms with van der Waals surface area (Å²) in [6, 6.07) is 11.7. The van der Waals surface area contributed by atoms with Crippen molar-refractivity contribution in [2.75, 3.05) is 19.1 Å². The first-order chi connectivity index (χ1) is 13.7. The number of aromatic nitrogens is 1. The summed E-state index contributed by atoms with van der Waals surface area (Å²) in [4.78, 5) is 18.3. The maximum Gasteiger partial charge on any atom is 0.416 e. The summed E-state index contributed by atoms with van der Waals surface area (Å²) in [7, 11) is 2.70. The molecule has 3 aromatic rings. The topological polar surface area (TPSA) is 42.4 Å². The first-order valence-electron chi connectivity index (χ1n) is 8.45. The van der Waals surface area contributed by atoms with Crippen LogP contribution in [0.5, 0.6) is 5.75 Å². The number of nitrogens with zero attached hydrogens (tertiary/aromatic N) is 2. The fourth-order valence-electron chi connectivity index (χ4n) is 2.87. The molecule has 29 heavy (non-hydrogen) atoms. The zero-order chi connectivity index (χ0) is 21.2. The second kappa shape index (κ2) is 8.13. The number of benzene rings is 2. The lowest BCUT2D eigenvalue weighted by molar-refractivity contribution is -0.137. The molecule has 0 N–H and O–H groups in total. The van der Waals surface area contributed by atoms with Crippen molar-refractivity contribution in [2.45, 2.75) is 6.18 Å². The Morgan fingerprint density at radius 2 is 1.83 bits per heavy atom. The summed E-state index contributed by atoms with van der Waals surface area (Å²) in [5.41, 5.74) is 0.578. The Labute approximate surface area is 170 Å². The fraction of sp³-hybridized carbons (Fsp3) is 0.143. The summed E-state index contributed by atoms with van der Waals surface area (Å²) in [6.07, 6.45) is -1.60. The van der Waals surface area contributed by atoms with Crippen LogP contribution < -0.4 is 9.64 Å². The smallest absolute Gasteiger partial charge is 0.416 e. The van der Waals surface area contributed by atoms with Gasteiger partial charge in [0, 0.05) is 35.0 Å². The highest BCUT2D eigenvalue weighted by molar-refractivity contribution is 6.33. The van der Waals surface area contributed by atoms with Gasteiger partial charge in [0.2, 0.25) is 0 Å². The van der Waals surface area contributed by atoms with Gasteiger partial charge in [-0.1, -0.05) is 29.8 Å². The van der Waals surface area contributed by atoms with E-state index in [1.54, 1.807) is 36.5 Å². The highest BCUT2D eigenvalue weighted by Gasteiger charge is 2.32. The van der Waals surface area contributed by atoms with Crippen molar-refractivity contribution in [1.82, 2.24) is 4.98 Å².